The van der Waals surface area contributed by atoms with Crippen molar-refractivity contribution in [1.29, 1.82) is 0 Å². The van der Waals surface area contributed by atoms with Crippen molar-refractivity contribution in [2.24, 2.45) is 0 Å². The summed E-state index contributed by atoms with van der Waals surface area (Å²) in [4.78, 5) is 4.58. The van der Waals surface area contributed by atoms with Crippen LogP contribution in [0.4, 0.5) is 0 Å². The molecule has 0 unspecified atom stereocenters. The van der Waals surface area contributed by atoms with Gasteiger partial charge >= 0.3 is 0 Å². The van der Waals surface area contributed by atoms with Gasteiger partial charge in [0.2, 0.25) is 0 Å². The van der Waals surface area contributed by atoms with Crippen LogP contribution >= 0.6 is 0 Å². The third-order valence-corrected chi connectivity index (χ3v) is 4.17. The number of aliphatic hydroxyl groups is 1. The molecule has 1 atom stereocenters. The molecule has 0 fully saturated rings. The number of ether oxygens (including phenoxy) is 2. The van der Waals surface area contributed by atoms with Crippen LogP contribution < -0.4 is 4.74 Å². The van der Waals surface area contributed by atoms with Crippen molar-refractivity contribution in [2.45, 2.75) is 32.6 Å². The van der Waals surface area contributed by atoms with Crippen LogP contribution in [0.1, 0.15) is 18.3 Å². The van der Waals surface area contributed by atoms with Gasteiger partial charge in [0.1, 0.15) is 30.9 Å². The van der Waals surface area contributed by atoms with E-state index in [4.69, 9.17) is 9.47 Å². The fraction of sp³-hybridized carbons (Fsp3) is 0.350. The van der Waals surface area contributed by atoms with Gasteiger partial charge in [-0.15, -0.1) is 0 Å². The van der Waals surface area contributed by atoms with Crippen molar-refractivity contribution >= 4 is 11.0 Å². The monoisotopic (exact) mass is 340 g/mol. The Bertz CT molecular complexity index is 811. The van der Waals surface area contributed by atoms with Gasteiger partial charge < -0.3 is 19.1 Å². The number of hydrogen-bond donors (Lipinski definition) is 1. The number of imidazole rings is 1. The number of methoxy groups -OCH3 is 1. The first-order valence-corrected chi connectivity index (χ1v) is 8.54. The molecule has 5 nitrogen and oxygen atoms in total. The van der Waals surface area contributed by atoms with E-state index in [0.717, 1.165) is 29.0 Å². The van der Waals surface area contributed by atoms with E-state index in [9.17, 15) is 5.11 Å². The largest absolute Gasteiger partial charge is 0.491 e. The predicted molar refractivity (Wildman–Crippen MR) is 97.8 cm³/mol. The normalized spacial score (nSPS) is 12.4. The van der Waals surface area contributed by atoms with Gasteiger partial charge in [-0.05, 0) is 36.2 Å². The first-order chi connectivity index (χ1) is 12.2. The van der Waals surface area contributed by atoms with Crippen LogP contribution in [0.25, 0.3) is 11.0 Å². The number of para-hydroxylation sites is 2. The molecule has 0 aliphatic heterocycles. The number of rotatable bonds is 8. The fourth-order valence-electron chi connectivity index (χ4n) is 2.85. The third kappa shape index (κ3) is 4.18. The number of aromatic nitrogens is 2. The highest BCUT2D eigenvalue weighted by Crippen LogP contribution is 2.18. The van der Waals surface area contributed by atoms with E-state index in [2.05, 4.69) is 11.9 Å². The molecular weight excluding hydrogens is 316 g/mol. The molecule has 1 N–H and O–H groups in total. The Morgan fingerprint density at radius 1 is 1.12 bits per heavy atom. The minimum atomic E-state index is -0.640. The minimum absolute atomic E-state index is 0.227. The summed E-state index contributed by atoms with van der Waals surface area (Å²) in [5, 5.41) is 10.4. The summed E-state index contributed by atoms with van der Waals surface area (Å²) in [6, 6.07) is 15.8. The van der Waals surface area contributed by atoms with Crippen molar-refractivity contribution in [3.05, 3.63) is 59.9 Å². The van der Waals surface area contributed by atoms with Gasteiger partial charge in [0, 0.05) is 7.11 Å². The second-order valence-electron chi connectivity index (χ2n) is 6.02. The molecule has 0 saturated heterocycles. The Labute approximate surface area is 147 Å². The first kappa shape index (κ1) is 17.5. The zero-order chi connectivity index (χ0) is 17.6. The van der Waals surface area contributed by atoms with Crippen LogP contribution in [0.3, 0.4) is 0 Å². The van der Waals surface area contributed by atoms with Crippen LogP contribution in [0.5, 0.6) is 5.75 Å². The van der Waals surface area contributed by atoms with Gasteiger partial charge in [0.25, 0.3) is 0 Å². The number of hydrogen-bond acceptors (Lipinski definition) is 4. The molecular formula is C20H24N2O3. The van der Waals surface area contributed by atoms with Gasteiger partial charge in [-0.3, -0.25) is 0 Å². The van der Waals surface area contributed by atoms with E-state index >= 15 is 0 Å². The van der Waals surface area contributed by atoms with E-state index in [1.54, 1.807) is 7.11 Å². The molecule has 0 aliphatic rings. The van der Waals surface area contributed by atoms with E-state index in [-0.39, 0.29) is 6.61 Å². The summed E-state index contributed by atoms with van der Waals surface area (Å²) in [5.41, 5.74) is 3.15. The van der Waals surface area contributed by atoms with Gasteiger partial charge in [-0.25, -0.2) is 4.98 Å². The SMILES string of the molecule is CCc1ccc(OC[C@H](O)Cn2c(COC)nc3ccccc32)cc1. The van der Waals surface area contributed by atoms with Crippen LogP contribution in [0.15, 0.2) is 48.5 Å². The lowest BCUT2D eigenvalue weighted by Gasteiger charge is -2.15. The van der Waals surface area contributed by atoms with Crippen molar-refractivity contribution in [3.63, 3.8) is 0 Å². The van der Waals surface area contributed by atoms with E-state index in [1.165, 1.54) is 5.56 Å². The highest BCUT2D eigenvalue weighted by Gasteiger charge is 2.14. The van der Waals surface area contributed by atoms with Gasteiger partial charge in [-0.2, -0.15) is 0 Å². The number of nitrogens with zero attached hydrogens (tertiary/aromatic N) is 2. The molecule has 2 aromatic carbocycles. The number of fused-ring (bicyclic) bond motifs is 1. The maximum absolute atomic E-state index is 10.4. The van der Waals surface area contributed by atoms with Crippen LogP contribution in [0.2, 0.25) is 0 Å². The fourth-order valence-corrected chi connectivity index (χ4v) is 2.85. The topological polar surface area (TPSA) is 56.5 Å². The zero-order valence-corrected chi connectivity index (χ0v) is 14.7. The standard InChI is InChI=1S/C20H24N2O3/c1-3-15-8-10-17(11-9-15)25-13-16(23)12-22-19-7-5-4-6-18(19)21-20(22)14-24-2/h4-11,16,23H,3,12-14H2,1-2H3/t16-/m1/s1. The van der Waals surface area contributed by atoms with Crippen LogP contribution in [0, 0.1) is 0 Å². The van der Waals surface area contributed by atoms with E-state index in [1.807, 2.05) is 53.1 Å². The molecule has 0 saturated carbocycles. The zero-order valence-electron chi connectivity index (χ0n) is 14.7. The first-order valence-electron chi connectivity index (χ1n) is 8.54. The van der Waals surface area contributed by atoms with E-state index < -0.39 is 6.10 Å². The van der Waals surface area contributed by atoms with Crippen LogP contribution in [-0.2, 0) is 24.3 Å². The smallest absolute Gasteiger partial charge is 0.136 e. The summed E-state index contributed by atoms with van der Waals surface area (Å²) in [7, 11) is 1.64. The van der Waals surface area contributed by atoms with E-state index in [0.29, 0.717) is 13.2 Å². The van der Waals surface area contributed by atoms with Crippen molar-refractivity contribution < 1.29 is 14.6 Å². The van der Waals surface area contributed by atoms with Crippen molar-refractivity contribution in [2.75, 3.05) is 13.7 Å². The highest BCUT2D eigenvalue weighted by atomic mass is 16.5. The number of benzene rings is 2. The molecule has 0 radical (unpaired) electrons. The Morgan fingerprint density at radius 3 is 2.60 bits per heavy atom. The van der Waals surface area contributed by atoms with Gasteiger partial charge in [0.05, 0.1) is 17.6 Å². The molecule has 0 aliphatic carbocycles. The van der Waals surface area contributed by atoms with Crippen molar-refractivity contribution in [1.82, 2.24) is 9.55 Å². The minimum Gasteiger partial charge on any atom is -0.491 e. The quantitative estimate of drug-likeness (QED) is 0.684. The molecule has 3 aromatic rings. The molecule has 1 heterocycles. The lowest BCUT2D eigenvalue weighted by Crippen LogP contribution is -2.24. The summed E-state index contributed by atoms with van der Waals surface area (Å²) < 4.78 is 12.9. The molecule has 0 bridgehead atoms. The Kier molecular flexibility index (Phi) is 5.68. The van der Waals surface area contributed by atoms with Gasteiger partial charge in [-0.1, -0.05) is 31.2 Å². The third-order valence-electron chi connectivity index (χ3n) is 4.17. The Morgan fingerprint density at radius 2 is 1.88 bits per heavy atom. The second kappa shape index (κ2) is 8.14. The Balaban J connectivity index is 1.68. The molecule has 3 rings (SSSR count). The molecule has 25 heavy (non-hydrogen) atoms. The summed E-state index contributed by atoms with van der Waals surface area (Å²) in [6.07, 6.45) is 0.359. The van der Waals surface area contributed by atoms with Crippen LogP contribution in [-0.4, -0.2) is 34.5 Å². The summed E-state index contributed by atoms with van der Waals surface area (Å²) in [6.45, 7) is 3.16. The lowest BCUT2D eigenvalue weighted by atomic mass is 10.2. The highest BCUT2D eigenvalue weighted by molar-refractivity contribution is 5.75. The lowest BCUT2D eigenvalue weighted by molar-refractivity contribution is 0.0901. The average Bonchev–Trinajstić information content (AvgIpc) is 2.98. The van der Waals surface area contributed by atoms with Gasteiger partial charge in [0.15, 0.2) is 0 Å². The molecule has 132 valence electrons. The number of aliphatic hydroxyl groups excluding tert-OH is 1. The maximum Gasteiger partial charge on any atom is 0.136 e. The maximum atomic E-state index is 10.4. The van der Waals surface area contributed by atoms with Crippen molar-refractivity contribution in [3.8, 4) is 5.75 Å². The average molecular weight is 340 g/mol. The Hall–Kier alpha value is -2.37. The molecule has 0 spiro atoms. The molecule has 1 aromatic heterocycles. The molecule has 0 amide bonds. The summed E-state index contributed by atoms with van der Waals surface area (Å²) >= 11 is 0. The second-order valence-corrected chi connectivity index (χ2v) is 6.02. The predicted octanol–water partition coefficient (Wildman–Crippen LogP) is 3.19. The summed E-state index contributed by atoms with van der Waals surface area (Å²) in [5.74, 6) is 1.57. The molecule has 5 heteroatoms. The number of aryl methyl sites for hydroxylation is 1.